The lowest BCUT2D eigenvalue weighted by molar-refractivity contribution is 0.102. The number of H-pyrrole nitrogens is 1. The predicted molar refractivity (Wildman–Crippen MR) is 120 cm³/mol. The van der Waals surface area contributed by atoms with Crippen LogP contribution in [0, 0.1) is 0 Å². The molecule has 4 heterocycles. The van der Waals surface area contributed by atoms with E-state index in [0.717, 1.165) is 0 Å². The fourth-order valence-corrected chi connectivity index (χ4v) is 3.89. The Morgan fingerprint density at radius 2 is 1.90 bits per heavy atom. The lowest BCUT2D eigenvalue weighted by atomic mass is 9.80. The minimum absolute atomic E-state index is 0.237. The van der Waals surface area contributed by atoms with Crippen LogP contribution in [0.25, 0.3) is 11.0 Å². The predicted octanol–water partition coefficient (Wildman–Crippen LogP) is 5.32. The van der Waals surface area contributed by atoms with Crippen molar-refractivity contribution in [2.24, 2.45) is 0 Å². The molecule has 1 aliphatic rings. The van der Waals surface area contributed by atoms with Crippen molar-refractivity contribution >= 4 is 57.6 Å². The molecule has 0 radical (unpaired) electrons. The zero-order valence-electron chi connectivity index (χ0n) is 16.2. The second-order valence-electron chi connectivity index (χ2n) is 7.33. The van der Waals surface area contributed by atoms with Crippen LogP contribution in [0.15, 0.2) is 43.0 Å². The number of carbonyl (C=O) groups excluding carboxylic acids is 1. The summed E-state index contributed by atoms with van der Waals surface area (Å²) in [5, 5.41) is 6.58. The summed E-state index contributed by atoms with van der Waals surface area (Å²) >= 11 is 12.3. The van der Waals surface area contributed by atoms with E-state index in [-0.39, 0.29) is 11.6 Å². The molecule has 1 fully saturated rings. The largest absolute Gasteiger partial charge is 0.323 e. The van der Waals surface area contributed by atoms with Gasteiger partial charge in [0.2, 0.25) is 5.95 Å². The van der Waals surface area contributed by atoms with E-state index >= 15 is 0 Å². The Morgan fingerprint density at radius 3 is 2.65 bits per heavy atom. The van der Waals surface area contributed by atoms with Gasteiger partial charge in [0, 0.05) is 18.6 Å². The molecular formula is C21H17Cl2N7O. The molecule has 0 atom stereocenters. The molecular weight excluding hydrogens is 437 g/mol. The Kier molecular flexibility index (Phi) is 5.17. The molecule has 10 heteroatoms. The highest BCUT2D eigenvalue weighted by Gasteiger charge is 2.20. The molecule has 4 aromatic heterocycles. The number of imidazole rings is 1. The van der Waals surface area contributed by atoms with Crippen LogP contribution in [-0.2, 0) is 0 Å². The van der Waals surface area contributed by atoms with Gasteiger partial charge in [-0.3, -0.25) is 9.78 Å². The fraction of sp³-hybridized carbons (Fsp3) is 0.190. The van der Waals surface area contributed by atoms with Crippen molar-refractivity contribution in [3.8, 4) is 0 Å². The van der Waals surface area contributed by atoms with Crippen molar-refractivity contribution in [2.75, 3.05) is 10.6 Å². The number of rotatable bonds is 5. The minimum Gasteiger partial charge on any atom is -0.323 e. The van der Waals surface area contributed by atoms with Crippen molar-refractivity contribution in [3.05, 3.63) is 64.3 Å². The summed E-state index contributed by atoms with van der Waals surface area (Å²) in [5.41, 5.74) is 3.16. The molecule has 0 spiro atoms. The highest BCUT2D eigenvalue weighted by atomic mass is 35.5. The van der Waals surface area contributed by atoms with Gasteiger partial charge in [-0.05, 0) is 42.5 Å². The van der Waals surface area contributed by atoms with Crippen LogP contribution in [0.4, 0.5) is 17.5 Å². The van der Waals surface area contributed by atoms with Gasteiger partial charge in [-0.2, -0.15) is 0 Å². The standard InChI is InChI=1S/C21H17Cl2N7O/c22-13-8-24-9-14(23)19(13)30-21-27-15-7-16(26-10-17(15)28-21)20(31)29-18-6-12(4-5-25-18)11-2-1-3-11/h4-11H,1-3H2,(H,25,29,31)(H2,24,27,28,30). The second kappa shape index (κ2) is 8.13. The van der Waals surface area contributed by atoms with Crippen LogP contribution in [0.5, 0.6) is 0 Å². The number of aromatic amines is 1. The number of hydrogen-bond acceptors (Lipinski definition) is 6. The van der Waals surface area contributed by atoms with Crippen LogP contribution in [0.1, 0.15) is 41.2 Å². The van der Waals surface area contributed by atoms with Crippen molar-refractivity contribution in [1.82, 2.24) is 24.9 Å². The lowest BCUT2D eigenvalue weighted by Gasteiger charge is -2.25. The average molecular weight is 454 g/mol. The van der Waals surface area contributed by atoms with E-state index in [4.69, 9.17) is 23.2 Å². The molecule has 0 aliphatic heterocycles. The number of nitrogens with zero attached hydrogens (tertiary/aromatic N) is 4. The van der Waals surface area contributed by atoms with Gasteiger partial charge in [0.15, 0.2) is 0 Å². The van der Waals surface area contributed by atoms with E-state index in [2.05, 4.69) is 35.6 Å². The number of fused-ring (bicyclic) bond motifs is 1. The van der Waals surface area contributed by atoms with E-state index < -0.39 is 0 Å². The number of hydrogen-bond donors (Lipinski definition) is 3. The Balaban J connectivity index is 1.35. The summed E-state index contributed by atoms with van der Waals surface area (Å²) in [6.45, 7) is 0. The zero-order valence-corrected chi connectivity index (χ0v) is 17.7. The number of nitrogens with one attached hydrogen (secondary N) is 3. The van der Waals surface area contributed by atoms with Crippen molar-refractivity contribution in [3.63, 3.8) is 0 Å². The van der Waals surface area contributed by atoms with E-state index in [1.807, 2.05) is 12.1 Å². The Labute approximate surface area is 187 Å². The van der Waals surface area contributed by atoms with E-state index in [9.17, 15) is 4.79 Å². The smallest absolute Gasteiger partial charge is 0.275 e. The maximum Gasteiger partial charge on any atom is 0.275 e. The number of halogens is 2. The number of pyridine rings is 3. The number of anilines is 3. The molecule has 5 rings (SSSR count). The highest BCUT2D eigenvalue weighted by Crippen LogP contribution is 2.36. The Hall–Kier alpha value is -3.23. The molecule has 0 bridgehead atoms. The summed E-state index contributed by atoms with van der Waals surface area (Å²) in [6.07, 6.45) is 9.85. The average Bonchev–Trinajstić information content (AvgIpc) is 3.11. The summed E-state index contributed by atoms with van der Waals surface area (Å²) in [4.78, 5) is 32.7. The van der Waals surface area contributed by atoms with Gasteiger partial charge in [-0.1, -0.05) is 29.6 Å². The molecule has 1 aliphatic carbocycles. The Morgan fingerprint density at radius 1 is 1.10 bits per heavy atom. The van der Waals surface area contributed by atoms with Gasteiger partial charge in [0.25, 0.3) is 5.91 Å². The van der Waals surface area contributed by atoms with Crippen molar-refractivity contribution in [2.45, 2.75) is 25.2 Å². The molecule has 31 heavy (non-hydrogen) atoms. The van der Waals surface area contributed by atoms with Crippen LogP contribution in [-0.4, -0.2) is 30.8 Å². The van der Waals surface area contributed by atoms with Crippen LogP contribution in [0.2, 0.25) is 10.0 Å². The first-order valence-electron chi connectivity index (χ1n) is 9.76. The van der Waals surface area contributed by atoms with Gasteiger partial charge in [-0.25, -0.2) is 15.0 Å². The van der Waals surface area contributed by atoms with Crippen LogP contribution >= 0.6 is 23.2 Å². The molecule has 3 N–H and O–H groups in total. The van der Waals surface area contributed by atoms with Crippen LogP contribution < -0.4 is 10.6 Å². The summed E-state index contributed by atoms with van der Waals surface area (Å²) in [6, 6.07) is 5.54. The molecule has 156 valence electrons. The third-order valence-corrected chi connectivity index (χ3v) is 5.87. The highest BCUT2D eigenvalue weighted by molar-refractivity contribution is 6.39. The summed E-state index contributed by atoms with van der Waals surface area (Å²) in [7, 11) is 0. The third-order valence-electron chi connectivity index (χ3n) is 5.30. The normalized spacial score (nSPS) is 13.7. The summed E-state index contributed by atoms with van der Waals surface area (Å²) < 4.78 is 0. The van der Waals surface area contributed by atoms with Gasteiger partial charge < -0.3 is 15.6 Å². The Bertz CT molecular complexity index is 1270. The molecule has 1 saturated carbocycles. The zero-order chi connectivity index (χ0) is 21.4. The topological polar surface area (TPSA) is 108 Å². The maximum atomic E-state index is 12.7. The quantitative estimate of drug-likeness (QED) is 0.377. The first-order valence-corrected chi connectivity index (χ1v) is 10.5. The number of amides is 1. The molecule has 0 unspecified atom stereocenters. The molecule has 8 nitrogen and oxygen atoms in total. The van der Waals surface area contributed by atoms with Gasteiger partial charge in [0.05, 0.1) is 33.0 Å². The second-order valence-corrected chi connectivity index (χ2v) is 8.15. The van der Waals surface area contributed by atoms with Crippen molar-refractivity contribution < 1.29 is 4.79 Å². The van der Waals surface area contributed by atoms with E-state index in [0.29, 0.717) is 44.5 Å². The first kappa shape index (κ1) is 19.7. The van der Waals surface area contributed by atoms with Crippen molar-refractivity contribution in [1.29, 1.82) is 0 Å². The molecule has 0 saturated heterocycles. The number of aromatic nitrogens is 5. The van der Waals surface area contributed by atoms with E-state index in [1.54, 1.807) is 18.5 Å². The van der Waals surface area contributed by atoms with E-state index in [1.165, 1.54) is 37.2 Å². The molecule has 1 amide bonds. The fourth-order valence-electron chi connectivity index (χ4n) is 3.43. The summed E-state index contributed by atoms with van der Waals surface area (Å²) in [5.74, 6) is 1.14. The van der Waals surface area contributed by atoms with Gasteiger partial charge in [-0.15, -0.1) is 0 Å². The molecule has 4 aromatic rings. The maximum absolute atomic E-state index is 12.7. The number of carbonyl (C=O) groups is 1. The first-order chi connectivity index (χ1) is 15.1. The van der Waals surface area contributed by atoms with Crippen LogP contribution in [0.3, 0.4) is 0 Å². The monoisotopic (exact) mass is 453 g/mol. The van der Waals surface area contributed by atoms with Gasteiger partial charge in [0.1, 0.15) is 11.5 Å². The minimum atomic E-state index is -0.349. The third kappa shape index (κ3) is 4.04. The van der Waals surface area contributed by atoms with Gasteiger partial charge >= 0.3 is 0 Å². The SMILES string of the molecule is O=C(Nc1cc(C2CCC2)ccn1)c1cc2nc(Nc3c(Cl)cncc3Cl)[nH]c2cn1. The lowest BCUT2D eigenvalue weighted by Crippen LogP contribution is -2.15. The molecule has 0 aromatic carbocycles.